The highest BCUT2D eigenvalue weighted by Crippen LogP contribution is 2.36. The van der Waals surface area contributed by atoms with Crippen LogP contribution in [0.15, 0.2) is 23.0 Å². The van der Waals surface area contributed by atoms with Gasteiger partial charge in [-0.25, -0.2) is 4.98 Å². The van der Waals surface area contributed by atoms with Crippen LogP contribution in [-0.4, -0.2) is 23.7 Å². The molecule has 0 fully saturated rings. The first-order chi connectivity index (χ1) is 14.0. The average molecular weight is 414 g/mol. The molecule has 29 heavy (non-hydrogen) atoms. The molecule has 1 aliphatic rings. The van der Waals surface area contributed by atoms with Gasteiger partial charge in [-0.05, 0) is 56.7 Å². The quantitative estimate of drug-likeness (QED) is 0.613. The van der Waals surface area contributed by atoms with E-state index in [0.717, 1.165) is 35.2 Å². The molecule has 0 radical (unpaired) electrons. The van der Waals surface area contributed by atoms with E-state index in [2.05, 4.69) is 17.2 Å². The highest BCUT2D eigenvalue weighted by Gasteiger charge is 2.23. The van der Waals surface area contributed by atoms with Crippen molar-refractivity contribution in [2.75, 3.05) is 19.0 Å². The van der Waals surface area contributed by atoms with Crippen LogP contribution in [0.25, 0.3) is 10.2 Å². The van der Waals surface area contributed by atoms with Crippen LogP contribution >= 0.6 is 11.3 Å². The number of fused-ring (bicyclic) bond motifs is 3. The van der Waals surface area contributed by atoms with Crippen LogP contribution in [0.3, 0.4) is 0 Å². The van der Waals surface area contributed by atoms with Crippen molar-refractivity contribution >= 4 is 27.2 Å². The average Bonchev–Trinajstić information content (AvgIpc) is 3.07. The zero-order valence-corrected chi connectivity index (χ0v) is 18.1. The fourth-order valence-electron chi connectivity index (χ4n) is 3.92. The van der Waals surface area contributed by atoms with Crippen LogP contribution in [0, 0.1) is 5.92 Å². The molecule has 2 aromatic heterocycles. The lowest BCUT2D eigenvalue weighted by molar-refractivity contribution is 0.311. The number of hydrogen-bond donors (Lipinski definition) is 2. The number of nitrogens with zero attached hydrogens (tertiary/aromatic N) is 1. The van der Waals surface area contributed by atoms with Gasteiger partial charge in [0.15, 0.2) is 11.5 Å². The number of ether oxygens (including phenoxy) is 2. The highest BCUT2D eigenvalue weighted by molar-refractivity contribution is 7.18. The van der Waals surface area contributed by atoms with Gasteiger partial charge in [0.2, 0.25) is 0 Å². The SMILES string of the molecule is CCOc1ccc(N[C@@H](C)c2nc3sc4c(c3c(=O)[nH]2)CC[C@H](C)C4)cc1OC. The summed E-state index contributed by atoms with van der Waals surface area (Å²) in [7, 11) is 1.62. The van der Waals surface area contributed by atoms with Crippen molar-refractivity contribution < 1.29 is 9.47 Å². The van der Waals surface area contributed by atoms with Crippen LogP contribution in [0.4, 0.5) is 5.69 Å². The first-order valence-electron chi connectivity index (χ1n) is 10.1. The van der Waals surface area contributed by atoms with Crippen molar-refractivity contribution in [2.45, 2.75) is 46.1 Å². The molecule has 0 spiro atoms. The Morgan fingerprint density at radius 1 is 1.38 bits per heavy atom. The van der Waals surface area contributed by atoms with Crippen LogP contribution in [0.5, 0.6) is 11.5 Å². The van der Waals surface area contributed by atoms with Gasteiger partial charge < -0.3 is 19.8 Å². The van der Waals surface area contributed by atoms with Gasteiger partial charge in [0, 0.05) is 16.6 Å². The van der Waals surface area contributed by atoms with Crippen LogP contribution in [0.2, 0.25) is 0 Å². The first kappa shape index (κ1) is 19.8. The minimum absolute atomic E-state index is 0.0324. The summed E-state index contributed by atoms with van der Waals surface area (Å²) in [5, 5.41) is 4.19. The molecule has 3 aromatic rings. The van der Waals surface area contributed by atoms with Crippen molar-refractivity contribution in [1.29, 1.82) is 0 Å². The number of aromatic amines is 1. The number of aryl methyl sites for hydroxylation is 1. The number of methoxy groups -OCH3 is 1. The number of anilines is 1. The summed E-state index contributed by atoms with van der Waals surface area (Å²) < 4.78 is 11.0. The second-order valence-corrected chi connectivity index (χ2v) is 8.73. The predicted octanol–water partition coefficient (Wildman–Crippen LogP) is 4.69. The Bertz CT molecular complexity index is 1090. The van der Waals surface area contributed by atoms with Gasteiger partial charge in [0.1, 0.15) is 10.7 Å². The van der Waals surface area contributed by atoms with Crippen LogP contribution < -0.4 is 20.3 Å². The first-order valence-corrected chi connectivity index (χ1v) is 10.9. The van der Waals surface area contributed by atoms with Gasteiger partial charge in [-0.3, -0.25) is 4.79 Å². The lowest BCUT2D eigenvalue weighted by Crippen LogP contribution is -2.18. The third kappa shape index (κ3) is 3.83. The maximum absolute atomic E-state index is 12.8. The molecule has 0 aliphatic heterocycles. The molecule has 0 unspecified atom stereocenters. The zero-order valence-electron chi connectivity index (χ0n) is 17.3. The highest BCUT2D eigenvalue weighted by atomic mass is 32.1. The molecule has 2 atom stereocenters. The smallest absolute Gasteiger partial charge is 0.259 e. The summed E-state index contributed by atoms with van der Waals surface area (Å²) in [6.45, 7) is 6.78. The summed E-state index contributed by atoms with van der Waals surface area (Å²) in [6, 6.07) is 5.55. The zero-order chi connectivity index (χ0) is 20.5. The van der Waals surface area contributed by atoms with Crippen LogP contribution in [0.1, 0.15) is 49.5 Å². The molecule has 6 nitrogen and oxygen atoms in total. The number of rotatable bonds is 6. The van der Waals surface area contributed by atoms with Gasteiger partial charge in [-0.1, -0.05) is 6.92 Å². The molecule has 0 saturated carbocycles. The molecule has 2 N–H and O–H groups in total. The van der Waals surface area contributed by atoms with Crippen molar-refractivity contribution in [3.8, 4) is 11.5 Å². The van der Waals surface area contributed by atoms with Crippen LogP contribution in [-0.2, 0) is 12.8 Å². The van der Waals surface area contributed by atoms with Crippen molar-refractivity contribution in [1.82, 2.24) is 9.97 Å². The van der Waals surface area contributed by atoms with Gasteiger partial charge in [0.25, 0.3) is 5.56 Å². The Morgan fingerprint density at radius 3 is 2.97 bits per heavy atom. The standard InChI is InChI=1S/C22H27N3O3S/c1-5-28-16-9-7-14(11-17(16)27-4)23-13(3)20-24-21(26)19-15-8-6-12(2)10-18(15)29-22(19)25-20/h7,9,11-13,23H,5-6,8,10H2,1-4H3,(H,24,25,26)/t12-,13-/m0/s1. The van der Waals surface area contributed by atoms with Gasteiger partial charge in [-0.2, -0.15) is 0 Å². The molecule has 1 aromatic carbocycles. The van der Waals surface area contributed by atoms with E-state index in [1.165, 1.54) is 10.4 Å². The van der Waals surface area contributed by atoms with E-state index >= 15 is 0 Å². The fourth-order valence-corrected chi connectivity index (χ4v) is 5.31. The normalized spacial score (nSPS) is 17.0. The number of aromatic nitrogens is 2. The van der Waals surface area contributed by atoms with E-state index in [1.54, 1.807) is 18.4 Å². The number of thiophene rings is 1. The monoisotopic (exact) mass is 413 g/mol. The Morgan fingerprint density at radius 2 is 2.21 bits per heavy atom. The van der Waals surface area contributed by atoms with E-state index in [4.69, 9.17) is 14.5 Å². The van der Waals surface area contributed by atoms with E-state index in [1.807, 2.05) is 32.0 Å². The predicted molar refractivity (Wildman–Crippen MR) is 118 cm³/mol. The molecule has 7 heteroatoms. The maximum Gasteiger partial charge on any atom is 0.259 e. The molecule has 0 bridgehead atoms. The molecule has 0 saturated heterocycles. The lowest BCUT2D eigenvalue weighted by Gasteiger charge is -2.17. The number of nitrogens with one attached hydrogen (secondary N) is 2. The molecule has 0 amide bonds. The summed E-state index contributed by atoms with van der Waals surface area (Å²) in [5.74, 6) is 2.69. The Labute approximate surface area is 174 Å². The van der Waals surface area contributed by atoms with Crippen molar-refractivity contribution in [2.24, 2.45) is 5.92 Å². The van der Waals surface area contributed by atoms with E-state index in [0.29, 0.717) is 29.8 Å². The van der Waals surface area contributed by atoms with E-state index < -0.39 is 0 Å². The molecular weight excluding hydrogens is 386 g/mol. The lowest BCUT2D eigenvalue weighted by atomic mass is 9.89. The molecule has 154 valence electrons. The van der Waals surface area contributed by atoms with E-state index in [-0.39, 0.29) is 11.6 Å². The summed E-state index contributed by atoms with van der Waals surface area (Å²) >= 11 is 1.67. The number of H-pyrrole nitrogens is 1. The minimum atomic E-state index is -0.159. The maximum atomic E-state index is 12.8. The Hall–Kier alpha value is -2.54. The second-order valence-electron chi connectivity index (χ2n) is 7.65. The Kier molecular flexibility index (Phi) is 5.50. The molecule has 2 heterocycles. The number of hydrogen-bond acceptors (Lipinski definition) is 6. The fraction of sp³-hybridized carbons (Fsp3) is 0.455. The molecule has 4 rings (SSSR count). The minimum Gasteiger partial charge on any atom is -0.493 e. The summed E-state index contributed by atoms with van der Waals surface area (Å²) in [4.78, 5) is 22.8. The van der Waals surface area contributed by atoms with E-state index in [9.17, 15) is 4.79 Å². The summed E-state index contributed by atoms with van der Waals surface area (Å²) in [6.07, 6.45) is 3.16. The van der Waals surface area contributed by atoms with Gasteiger partial charge >= 0.3 is 0 Å². The largest absolute Gasteiger partial charge is 0.493 e. The number of benzene rings is 1. The molecular formula is C22H27N3O3S. The third-order valence-electron chi connectivity index (χ3n) is 5.44. The topological polar surface area (TPSA) is 76.2 Å². The van der Waals surface area contributed by atoms with Gasteiger partial charge in [0.05, 0.1) is 25.1 Å². The second kappa shape index (κ2) is 8.06. The molecule has 1 aliphatic carbocycles. The summed E-state index contributed by atoms with van der Waals surface area (Å²) in [5.41, 5.74) is 2.05. The van der Waals surface area contributed by atoms with Crippen molar-refractivity contribution in [3.63, 3.8) is 0 Å². The Balaban J connectivity index is 1.62. The van der Waals surface area contributed by atoms with Crippen molar-refractivity contribution in [3.05, 3.63) is 44.8 Å². The van der Waals surface area contributed by atoms with Gasteiger partial charge in [-0.15, -0.1) is 11.3 Å². The third-order valence-corrected chi connectivity index (χ3v) is 6.59.